The fourth-order valence-electron chi connectivity index (χ4n) is 0.941. The van der Waals surface area contributed by atoms with Crippen LogP contribution >= 0.6 is 0 Å². The van der Waals surface area contributed by atoms with Crippen LogP contribution in [0.25, 0.3) is 0 Å². The fourth-order valence-corrected chi connectivity index (χ4v) is 0.941. The Kier molecular flexibility index (Phi) is 8.73. The van der Waals surface area contributed by atoms with Gasteiger partial charge in [0.15, 0.2) is 0 Å². The highest BCUT2D eigenvalue weighted by Crippen LogP contribution is 1.99. The Morgan fingerprint density at radius 2 is 2.00 bits per heavy atom. The van der Waals surface area contributed by atoms with Crippen molar-refractivity contribution in [3.05, 3.63) is 12.2 Å². The summed E-state index contributed by atoms with van der Waals surface area (Å²) in [7, 11) is 0. The molecule has 76 valence electrons. The summed E-state index contributed by atoms with van der Waals surface area (Å²) in [6.07, 6.45) is 9.31. The van der Waals surface area contributed by atoms with Crippen molar-refractivity contribution in [1.82, 2.24) is 0 Å². The van der Waals surface area contributed by atoms with Gasteiger partial charge in [0.25, 0.3) is 0 Å². The molecule has 0 saturated carbocycles. The van der Waals surface area contributed by atoms with E-state index in [2.05, 4.69) is 13.0 Å². The molecular weight excluding hydrogens is 164 g/mol. The van der Waals surface area contributed by atoms with E-state index in [4.69, 9.17) is 4.74 Å². The average molecular weight is 184 g/mol. The summed E-state index contributed by atoms with van der Waals surface area (Å²) in [5.74, 6) is -0.127. The van der Waals surface area contributed by atoms with E-state index in [1.807, 2.05) is 6.08 Å². The van der Waals surface area contributed by atoms with Gasteiger partial charge in [0.2, 0.25) is 0 Å². The molecule has 13 heavy (non-hydrogen) atoms. The normalized spacial score (nSPS) is 10.6. The maximum Gasteiger partial charge on any atom is 0.305 e. The first kappa shape index (κ1) is 12.2. The lowest BCUT2D eigenvalue weighted by Crippen LogP contribution is -2.01. The second-order valence-corrected chi connectivity index (χ2v) is 3.00. The van der Waals surface area contributed by atoms with E-state index in [1.54, 1.807) is 6.92 Å². The first-order valence-electron chi connectivity index (χ1n) is 5.11. The zero-order chi connectivity index (χ0) is 9.94. The van der Waals surface area contributed by atoms with E-state index in [1.165, 1.54) is 19.3 Å². The van der Waals surface area contributed by atoms with Crippen LogP contribution in [0, 0.1) is 0 Å². The molecule has 0 heterocycles. The highest BCUT2D eigenvalue weighted by atomic mass is 16.5. The number of rotatable bonds is 7. The molecule has 0 aromatic rings. The number of hydrogen-bond donors (Lipinski definition) is 0. The Morgan fingerprint density at radius 1 is 1.23 bits per heavy atom. The van der Waals surface area contributed by atoms with Crippen LogP contribution in [0.3, 0.4) is 0 Å². The van der Waals surface area contributed by atoms with E-state index in [9.17, 15) is 4.79 Å². The summed E-state index contributed by atoms with van der Waals surface area (Å²) in [4.78, 5) is 10.7. The van der Waals surface area contributed by atoms with E-state index < -0.39 is 0 Å². The van der Waals surface area contributed by atoms with Crippen molar-refractivity contribution in [2.45, 2.75) is 46.0 Å². The van der Waals surface area contributed by atoms with Crippen molar-refractivity contribution >= 4 is 5.97 Å². The summed E-state index contributed by atoms with van der Waals surface area (Å²) in [5.41, 5.74) is 0. The molecule has 0 radical (unpaired) electrons. The molecule has 0 N–H and O–H groups in total. The zero-order valence-electron chi connectivity index (χ0n) is 8.71. The van der Waals surface area contributed by atoms with Gasteiger partial charge in [-0.05, 0) is 12.8 Å². The molecule has 2 heteroatoms. The van der Waals surface area contributed by atoms with Crippen molar-refractivity contribution in [1.29, 1.82) is 0 Å². The highest BCUT2D eigenvalue weighted by Gasteiger charge is 1.93. The van der Waals surface area contributed by atoms with E-state index in [-0.39, 0.29) is 5.97 Å². The Morgan fingerprint density at radius 3 is 2.62 bits per heavy atom. The lowest BCUT2D eigenvalue weighted by molar-refractivity contribution is -0.141. The van der Waals surface area contributed by atoms with Gasteiger partial charge in [0.05, 0.1) is 0 Å². The first-order valence-corrected chi connectivity index (χ1v) is 5.11. The molecular formula is C11H20O2. The predicted molar refractivity (Wildman–Crippen MR) is 54.5 cm³/mol. The molecule has 0 aliphatic heterocycles. The molecule has 0 saturated heterocycles. The minimum absolute atomic E-state index is 0.127. The van der Waals surface area contributed by atoms with Gasteiger partial charge in [-0.25, -0.2) is 0 Å². The Bertz CT molecular complexity index is 150. The number of hydrogen-bond acceptors (Lipinski definition) is 2. The zero-order valence-corrected chi connectivity index (χ0v) is 8.71. The summed E-state index contributed by atoms with van der Waals surface area (Å²) in [5, 5.41) is 0. The maximum absolute atomic E-state index is 10.7. The monoisotopic (exact) mass is 184 g/mol. The predicted octanol–water partition coefficient (Wildman–Crippen LogP) is 3.08. The molecule has 0 aromatic carbocycles. The van der Waals surface area contributed by atoms with Gasteiger partial charge in [0, 0.05) is 6.42 Å². The number of ether oxygens (including phenoxy) is 1. The number of carbonyl (C=O) groups is 1. The van der Waals surface area contributed by atoms with Gasteiger partial charge in [-0.15, -0.1) is 0 Å². The third kappa shape index (κ3) is 9.12. The molecule has 0 atom stereocenters. The van der Waals surface area contributed by atoms with Crippen molar-refractivity contribution in [2.24, 2.45) is 0 Å². The smallest absolute Gasteiger partial charge is 0.305 e. The standard InChI is InChI=1S/C11H20O2/c1-3-5-6-7-8-9-10-13-11(12)4-2/h8-9H,3-7,10H2,1-2H3. The van der Waals surface area contributed by atoms with Gasteiger partial charge < -0.3 is 4.74 Å². The van der Waals surface area contributed by atoms with Crippen LogP contribution in [0.5, 0.6) is 0 Å². The minimum Gasteiger partial charge on any atom is -0.461 e. The van der Waals surface area contributed by atoms with Crippen LogP contribution in [0.2, 0.25) is 0 Å². The average Bonchev–Trinajstić information content (AvgIpc) is 2.16. The molecule has 0 aliphatic carbocycles. The second kappa shape index (κ2) is 9.30. The molecule has 0 amide bonds. The third-order valence-electron chi connectivity index (χ3n) is 1.77. The van der Waals surface area contributed by atoms with Gasteiger partial charge >= 0.3 is 5.97 Å². The van der Waals surface area contributed by atoms with E-state index in [0.29, 0.717) is 13.0 Å². The summed E-state index contributed by atoms with van der Waals surface area (Å²) < 4.78 is 4.87. The minimum atomic E-state index is -0.127. The first-order chi connectivity index (χ1) is 6.31. The number of allylic oxidation sites excluding steroid dienone is 1. The van der Waals surface area contributed by atoms with Crippen LogP contribution in [0.15, 0.2) is 12.2 Å². The molecule has 0 rings (SSSR count). The summed E-state index contributed by atoms with van der Waals surface area (Å²) >= 11 is 0. The lowest BCUT2D eigenvalue weighted by atomic mass is 10.2. The molecule has 0 unspecified atom stereocenters. The van der Waals surface area contributed by atoms with Crippen LogP contribution < -0.4 is 0 Å². The van der Waals surface area contributed by atoms with Crippen molar-refractivity contribution < 1.29 is 9.53 Å². The number of unbranched alkanes of at least 4 members (excludes halogenated alkanes) is 3. The SMILES string of the molecule is CCCCCC=CCOC(=O)CC. The Balaban J connectivity index is 3.17. The van der Waals surface area contributed by atoms with Crippen molar-refractivity contribution in [3.8, 4) is 0 Å². The second-order valence-electron chi connectivity index (χ2n) is 3.00. The van der Waals surface area contributed by atoms with Crippen LogP contribution in [0.1, 0.15) is 46.0 Å². The Hall–Kier alpha value is -0.790. The third-order valence-corrected chi connectivity index (χ3v) is 1.77. The van der Waals surface area contributed by atoms with Gasteiger partial charge in [-0.1, -0.05) is 38.8 Å². The van der Waals surface area contributed by atoms with Gasteiger partial charge in [-0.2, -0.15) is 0 Å². The van der Waals surface area contributed by atoms with Crippen molar-refractivity contribution in [3.63, 3.8) is 0 Å². The number of carbonyl (C=O) groups excluding carboxylic acids is 1. The number of esters is 1. The molecule has 2 nitrogen and oxygen atoms in total. The molecule has 0 aliphatic rings. The molecule has 0 spiro atoms. The molecule has 0 aromatic heterocycles. The molecule has 0 fully saturated rings. The van der Waals surface area contributed by atoms with Gasteiger partial charge in [0.1, 0.15) is 6.61 Å². The largest absolute Gasteiger partial charge is 0.461 e. The summed E-state index contributed by atoms with van der Waals surface area (Å²) in [6, 6.07) is 0. The van der Waals surface area contributed by atoms with Crippen LogP contribution in [-0.4, -0.2) is 12.6 Å². The quantitative estimate of drug-likeness (QED) is 0.345. The van der Waals surface area contributed by atoms with E-state index in [0.717, 1.165) is 6.42 Å². The lowest BCUT2D eigenvalue weighted by Gasteiger charge is -1.97. The Labute approximate surface area is 81.0 Å². The van der Waals surface area contributed by atoms with Crippen LogP contribution in [0.4, 0.5) is 0 Å². The van der Waals surface area contributed by atoms with E-state index >= 15 is 0 Å². The summed E-state index contributed by atoms with van der Waals surface area (Å²) in [6.45, 7) is 4.42. The van der Waals surface area contributed by atoms with Crippen LogP contribution in [-0.2, 0) is 9.53 Å². The topological polar surface area (TPSA) is 26.3 Å². The molecule has 0 bridgehead atoms. The van der Waals surface area contributed by atoms with Crippen molar-refractivity contribution in [2.75, 3.05) is 6.61 Å². The highest BCUT2D eigenvalue weighted by molar-refractivity contribution is 5.68. The maximum atomic E-state index is 10.7. The fraction of sp³-hybridized carbons (Fsp3) is 0.727. The van der Waals surface area contributed by atoms with Gasteiger partial charge in [-0.3, -0.25) is 4.79 Å².